The maximum absolute atomic E-state index is 12.0. The molecule has 0 amide bonds. The molecular weight excluding hydrogens is 258 g/mol. The number of hydrogen-bond acceptors (Lipinski definition) is 2. The van der Waals surface area contributed by atoms with Crippen LogP contribution in [-0.4, -0.2) is 11.8 Å². The lowest BCUT2D eigenvalue weighted by molar-refractivity contribution is -0.119. The van der Waals surface area contributed by atoms with Gasteiger partial charge in [-0.25, -0.2) is 0 Å². The quantitative estimate of drug-likeness (QED) is 0.910. The van der Waals surface area contributed by atoms with E-state index in [0.717, 1.165) is 11.1 Å². The summed E-state index contributed by atoms with van der Waals surface area (Å²) in [6, 6.07) is 16.6. The number of carbonyl (C=O) groups is 1. The Kier molecular flexibility index (Phi) is 4.72. The SMILES string of the molecule is NC(Cc1ccccc1)C(=O)Cc1ccc(Cl)cc1. The van der Waals surface area contributed by atoms with Crippen molar-refractivity contribution in [2.24, 2.45) is 5.73 Å². The van der Waals surface area contributed by atoms with E-state index in [4.69, 9.17) is 17.3 Å². The van der Waals surface area contributed by atoms with Gasteiger partial charge in [0, 0.05) is 11.4 Å². The number of nitrogens with two attached hydrogens (primary N) is 1. The highest BCUT2D eigenvalue weighted by Crippen LogP contribution is 2.11. The number of halogens is 1. The number of benzene rings is 2. The molecule has 3 heteroatoms. The lowest BCUT2D eigenvalue weighted by Gasteiger charge is -2.10. The van der Waals surface area contributed by atoms with E-state index in [9.17, 15) is 4.79 Å². The second-order valence-corrected chi connectivity index (χ2v) is 5.00. The molecule has 1 atom stereocenters. The van der Waals surface area contributed by atoms with Crippen molar-refractivity contribution in [2.75, 3.05) is 0 Å². The fourth-order valence-electron chi connectivity index (χ4n) is 1.92. The highest BCUT2D eigenvalue weighted by molar-refractivity contribution is 6.30. The van der Waals surface area contributed by atoms with Crippen LogP contribution in [0.5, 0.6) is 0 Å². The Morgan fingerprint density at radius 3 is 2.26 bits per heavy atom. The zero-order chi connectivity index (χ0) is 13.7. The largest absolute Gasteiger partial charge is 0.321 e. The predicted octanol–water partition coefficient (Wildman–Crippen LogP) is 3.02. The van der Waals surface area contributed by atoms with Crippen LogP contribution in [0, 0.1) is 0 Å². The summed E-state index contributed by atoms with van der Waals surface area (Å²) in [5, 5.41) is 0.671. The molecule has 19 heavy (non-hydrogen) atoms. The molecular formula is C16H16ClNO. The standard InChI is InChI=1S/C16H16ClNO/c17-14-8-6-13(7-9-14)11-16(19)15(18)10-12-4-2-1-3-5-12/h1-9,15H,10-11,18H2. The number of Topliss-reactive ketones (excluding diaryl/α,β-unsaturated/α-hetero) is 1. The second kappa shape index (κ2) is 6.50. The monoisotopic (exact) mass is 273 g/mol. The predicted molar refractivity (Wildman–Crippen MR) is 78.3 cm³/mol. The summed E-state index contributed by atoms with van der Waals surface area (Å²) in [6.45, 7) is 0. The lowest BCUT2D eigenvalue weighted by atomic mass is 9.98. The normalized spacial score (nSPS) is 12.1. The van der Waals surface area contributed by atoms with E-state index in [1.54, 1.807) is 12.1 Å². The highest BCUT2D eigenvalue weighted by atomic mass is 35.5. The van der Waals surface area contributed by atoms with Crippen LogP contribution >= 0.6 is 11.6 Å². The smallest absolute Gasteiger partial charge is 0.154 e. The maximum atomic E-state index is 12.0. The number of hydrogen-bond donors (Lipinski definition) is 1. The van der Waals surface area contributed by atoms with Gasteiger partial charge < -0.3 is 5.73 Å². The van der Waals surface area contributed by atoms with Gasteiger partial charge in [0.1, 0.15) is 0 Å². The average Bonchev–Trinajstić information content (AvgIpc) is 2.42. The van der Waals surface area contributed by atoms with Crippen molar-refractivity contribution in [1.82, 2.24) is 0 Å². The van der Waals surface area contributed by atoms with Crippen LogP contribution in [0.4, 0.5) is 0 Å². The summed E-state index contributed by atoms with van der Waals surface area (Å²) in [7, 11) is 0. The Balaban J connectivity index is 1.94. The van der Waals surface area contributed by atoms with Crippen molar-refractivity contribution in [3.05, 3.63) is 70.7 Å². The van der Waals surface area contributed by atoms with Crippen molar-refractivity contribution in [2.45, 2.75) is 18.9 Å². The highest BCUT2D eigenvalue weighted by Gasteiger charge is 2.14. The van der Waals surface area contributed by atoms with Gasteiger partial charge >= 0.3 is 0 Å². The van der Waals surface area contributed by atoms with Crippen LogP contribution in [-0.2, 0) is 17.6 Å². The molecule has 0 fully saturated rings. The minimum Gasteiger partial charge on any atom is -0.321 e. The third kappa shape index (κ3) is 4.19. The van der Waals surface area contributed by atoms with Gasteiger partial charge in [0.05, 0.1) is 6.04 Å². The zero-order valence-corrected chi connectivity index (χ0v) is 11.3. The number of ketones is 1. The third-order valence-electron chi connectivity index (χ3n) is 3.00. The molecule has 0 aliphatic rings. The molecule has 0 spiro atoms. The first-order valence-electron chi connectivity index (χ1n) is 6.22. The first-order valence-corrected chi connectivity index (χ1v) is 6.59. The Labute approximate surface area is 118 Å². The molecule has 2 aromatic rings. The Bertz CT molecular complexity index is 536. The molecule has 0 saturated carbocycles. The van der Waals surface area contributed by atoms with E-state index < -0.39 is 6.04 Å². The average molecular weight is 274 g/mol. The van der Waals surface area contributed by atoms with Crippen LogP contribution in [0.15, 0.2) is 54.6 Å². The van der Waals surface area contributed by atoms with Gasteiger partial charge in [-0.1, -0.05) is 54.1 Å². The van der Waals surface area contributed by atoms with Gasteiger partial charge in [-0.2, -0.15) is 0 Å². The molecule has 0 aromatic heterocycles. The van der Waals surface area contributed by atoms with E-state index in [1.807, 2.05) is 42.5 Å². The van der Waals surface area contributed by atoms with E-state index in [0.29, 0.717) is 17.9 Å². The summed E-state index contributed by atoms with van der Waals surface area (Å²) >= 11 is 5.81. The van der Waals surface area contributed by atoms with Crippen LogP contribution in [0.3, 0.4) is 0 Å². The molecule has 0 saturated heterocycles. The minimum atomic E-state index is -0.460. The van der Waals surface area contributed by atoms with Crippen molar-refractivity contribution in [3.63, 3.8) is 0 Å². The molecule has 0 aliphatic heterocycles. The van der Waals surface area contributed by atoms with Crippen LogP contribution in [0.25, 0.3) is 0 Å². The fraction of sp³-hybridized carbons (Fsp3) is 0.188. The van der Waals surface area contributed by atoms with Gasteiger partial charge in [0.15, 0.2) is 5.78 Å². The Morgan fingerprint density at radius 1 is 1.00 bits per heavy atom. The van der Waals surface area contributed by atoms with Gasteiger partial charge in [-0.3, -0.25) is 4.79 Å². The van der Waals surface area contributed by atoms with Gasteiger partial charge in [-0.05, 0) is 29.7 Å². The summed E-state index contributed by atoms with van der Waals surface area (Å²) in [5.74, 6) is 0.0474. The van der Waals surface area contributed by atoms with Crippen molar-refractivity contribution in [1.29, 1.82) is 0 Å². The molecule has 2 rings (SSSR count). The molecule has 0 bridgehead atoms. The van der Waals surface area contributed by atoms with Crippen LogP contribution in [0.1, 0.15) is 11.1 Å². The Morgan fingerprint density at radius 2 is 1.63 bits per heavy atom. The van der Waals surface area contributed by atoms with Crippen molar-refractivity contribution >= 4 is 17.4 Å². The molecule has 0 radical (unpaired) electrons. The van der Waals surface area contributed by atoms with Gasteiger partial charge in [0.25, 0.3) is 0 Å². The van der Waals surface area contributed by atoms with E-state index in [-0.39, 0.29) is 5.78 Å². The summed E-state index contributed by atoms with van der Waals surface area (Å²) < 4.78 is 0. The molecule has 98 valence electrons. The first-order chi connectivity index (χ1) is 9.15. The molecule has 0 heterocycles. The maximum Gasteiger partial charge on any atom is 0.154 e. The lowest BCUT2D eigenvalue weighted by Crippen LogP contribution is -2.33. The van der Waals surface area contributed by atoms with Crippen molar-refractivity contribution in [3.8, 4) is 0 Å². The molecule has 0 aliphatic carbocycles. The van der Waals surface area contributed by atoms with E-state index in [2.05, 4.69) is 0 Å². The Hall–Kier alpha value is -1.64. The molecule has 1 unspecified atom stereocenters. The number of rotatable bonds is 5. The van der Waals surface area contributed by atoms with E-state index in [1.165, 1.54) is 0 Å². The van der Waals surface area contributed by atoms with Crippen LogP contribution in [0.2, 0.25) is 5.02 Å². The molecule has 2 N–H and O–H groups in total. The number of carbonyl (C=O) groups excluding carboxylic acids is 1. The first kappa shape index (κ1) is 13.8. The summed E-state index contributed by atoms with van der Waals surface area (Å²) in [4.78, 5) is 12.0. The van der Waals surface area contributed by atoms with Gasteiger partial charge in [-0.15, -0.1) is 0 Å². The molecule has 2 nitrogen and oxygen atoms in total. The third-order valence-corrected chi connectivity index (χ3v) is 3.26. The fourth-order valence-corrected chi connectivity index (χ4v) is 2.04. The summed E-state index contributed by atoms with van der Waals surface area (Å²) in [5.41, 5.74) is 7.98. The second-order valence-electron chi connectivity index (χ2n) is 4.57. The summed E-state index contributed by atoms with van der Waals surface area (Å²) in [6.07, 6.45) is 0.929. The van der Waals surface area contributed by atoms with E-state index >= 15 is 0 Å². The van der Waals surface area contributed by atoms with Crippen LogP contribution < -0.4 is 5.73 Å². The topological polar surface area (TPSA) is 43.1 Å². The molecule has 2 aromatic carbocycles. The zero-order valence-electron chi connectivity index (χ0n) is 10.6. The van der Waals surface area contributed by atoms with Crippen molar-refractivity contribution < 1.29 is 4.79 Å². The van der Waals surface area contributed by atoms with Gasteiger partial charge in [0.2, 0.25) is 0 Å². The minimum absolute atomic E-state index is 0.0474.